The van der Waals surface area contributed by atoms with E-state index in [2.05, 4.69) is 20.6 Å². The number of anilines is 1. The van der Waals surface area contributed by atoms with E-state index >= 15 is 0 Å². The van der Waals surface area contributed by atoms with Gasteiger partial charge < -0.3 is 20.4 Å². The second-order valence-corrected chi connectivity index (χ2v) is 5.49. The zero-order chi connectivity index (χ0) is 16.8. The molecule has 0 unspecified atom stereocenters. The molecule has 7 nitrogen and oxygen atoms in total. The number of urea groups is 1. The zero-order valence-electron chi connectivity index (χ0n) is 13.9. The summed E-state index contributed by atoms with van der Waals surface area (Å²) >= 11 is 0. The highest BCUT2D eigenvalue weighted by Crippen LogP contribution is 2.07. The molecule has 0 aromatic heterocycles. The second kappa shape index (κ2) is 7.44. The lowest BCUT2D eigenvalue weighted by Gasteiger charge is -2.15. The van der Waals surface area contributed by atoms with Gasteiger partial charge in [-0.1, -0.05) is 18.2 Å². The van der Waals surface area contributed by atoms with E-state index in [1.54, 1.807) is 0 Å². The number of carbonyl (C=O) groups is 1. The van der Waals surface area contributed by atoms with E-state index in [0.717, 1.165) is 11.5 Å². The van der Waals surface area contributed by atoms with Crippen LogP contribution in [0.2, 0.25) is 0 Å². The number of hydrogen-bond donors (Lipinski definition) is 2. The quantitative estimate of drug-likeness (QED) is 0.870. The summed E-state index contributed by atoms with van der Waals surface area (Å²) in [5.41, 5.74) is 1.42. The molecule has 0 fully saturated rings. The Hall–Kier alpha value is -2.83. The Bertz CT molecular complexity index is 646. The number of amidine groups is 1. The first-order valence-electron chi connectivity index (χ1n) is 7.27. The molecule has 0 radical (unpaired) electrons. The minimum atomic E-state index is -0.302. The maximum atomic E-state index is 12.1. The van der Waals surface area contributed by atoms with Crippen LogP contribution in [0.1, 0.15) is 0 Å². The van der Waals surface area contributed by atoms with Gasteiger partial charge in [-0.05, 0) is 12.1 Å². The van der Waals surface area contributed by atoms with Crippen LogP contribution >= 0.6 is 0 Å². The molecule has 0 spiro atoms. The summed E-state index contributed by atoms with van der Waals surface area (Å²) in [7, 11) is 7.57. The number of carbonyl (C=O) groups excluding carboxylic acids is 1. The molecule has 2 N–H and O–H groups in total. The predicted octanol–water partition coefficient (Wildman–Crippen LogP) is 1.58. The third kappa shape index (κ3) is 4.84. The summed E-state index contributed by atoms with van der Waals surface area (Å²) in [5.74, 6) is 1.34. The molecule has 23 heavy (non-hydrogen) atoms. The number of hydrogen-bond acceptors (Lipinski definition) is 5. The molecule has 1 aromatic rings. The van der Waals surface area contributed by atoms with Crippen LogP contribution in [0.15, 0.2) is 52.1 Å². The fraction of sp³-hybridized carbons (Fsp3) is 0.312. The molecule has 1 aliphatic rings. The van der Waals surface area contributed by atoms with Gasteiger partial charge in [0, 0.05) is 45.7 Å². The number of nitrogens with one attached hydrogen (secondary N) is 2. The zero-order valence-corrected chi connectivity index (χ0v) is 13.9. The van der Waals surface area contributed by atoms with E-state index in [4.69, 9.17) is 0 Å². The van der Waals surface area contributed by atoms with Crippen molar-refractivity contribution < 1.29 is 4.79 Å². The van der Waals surface area contributed by atoms with Crippen molar-refractivity contribution in [1.82, 2.24) is 15.1 Å². The molecular formula is C16H22N6O. The lowest BCUT2D eigenvalue weighted by molar-refractivity contribution is 0.254. The Morgan fingerprint density at radius 3 is 2.35 bits per heavy atom. The number of guanidine groups is 1. The summed E-state index contributed by atoms with van der Waals surface area (Å²) in [4.78, 5) is 24.7. The highest BCUT2D eigenvalue weighted by atomic mass is 16.2. The van der Waals surface area contributed by atoms with Crippen LogP contribution in [0.3, 0.4) is 0 Å². The first-order chi connectivity index (χ1) is 11.0. The van der Waals surface area contributed by atoms with Gasteiger partial charge in [-0.2, -0.15) is 4.99 Å². The first-order valence-corrected chi connectivity index (χ1v) is 7.27. The van der Waals surface area contributed by atoms with Crippen LogP contribution < -0.4 is 10.6 Å². The van der Waals surface area contributed by atoms with Gasteiger partial charge in [0.1, 0.15) is 5.84 Å². The Kier molecular flexibility index (Phi) is 5.35. The minimum Gasteiger partial charge on any atom is -0.363 e. The molecule has 0 saturated carbocycles. The molecule has 1 aliphatic heterocycles. The average Bonchev–Trinajstić information content (AvgIpc) is 2.71. The first kappa shape index (κ1) is 16.5. The molecule has 0 bridgehead atoms. The molecule has 1 aromatic carbocycles. The Morgan fingerprint density at radius 1 is 1.04 bits per heavy atom. The van der Waals surface area contributed by atoms with E-state index in [0.29, 0.717) is 18.2 Å². The van der Waals surface area contributed by atoms with Crippen LogP contribution in [-0.2, 0) is 0 Å². The van der Waals surface area contributed by atoms with E-state index in [1.807, 2.05) is 74.4 Å². The summed E-state index contributed by atoms with van der Waals surface area (Å²) in [6.45, 7) is 0.358. The average molecular weight is 314 g/mol. The van der Waals surface area contributed by atoms with Gasteiger partial charge in [0.05, 0.1) is 6.54 Å². The Morgan fingerprint density at radius 2 is 1.74 bits per heavy atom. The van der Waals surface area contributed by atoms with E-state index < -0.39 is 0 Å². The van der Waals surface area contributed by atoms with Gasteiger partial charge in [0.25, 0.3) is 0 Å². The van der Waals surface area contributed by atoms with Gasteiger partial charge in [0.15, 0.2) is 0 Å². The SMILES string of the molecule is CN(C)C1=NC(N(C)C)=NCC(NC(=O)Nc2ccccc2)=C1. The Labute approximate surface area is 136 Å². The normalized spacial score (nSPS) is 14.0. The Balaban J connectivity index is 2.10. The molecule has 0 saturated heterocycles. The molecule has 7 heteroatoms. The van der Waals surface area contributed by atoms with Crippen molar-refractivity contribution in [3.8, 4) is 0 Å². The van der Waals surface area contributed by atoms with Gasteiger partial charge in [-0.15, -0.1) is 0 Å². The number of nitrogens with zero attached hydrogens (tertiary/aromatic N) is 4. The monoisotopic (exact) mass is 314 g/mol. The van der Waals surface area contributed by atoms with Crippen LogP contribution in [0.5, 0.6) is 0 Å². The lowest BCUT2D eigenvalue weighted by Crippen LogP contribution is -2.30. The van der Waals surface area contributed by atoms with Gasteiger partial charge in [-0.25, -0.2) is 9.79 Å². The van der Waals surface area contributed by atoms with Crippen LogP contribution in [-0.4, -0.2) is 62.4 Å². The van der Waals surface area contributed by atoms with Crippen molar-refractivity contribution in [2.75, 3.05) is 40.1 Å². The number of para-hydroxylation sites is 1. The number of amides is 2. The van der Waals surface area contributed by atoms with Crippen molar-refractivity contribution in [1.29, 1.82) is 0 Å². The topological polar surface area (TPSA) is 72.3 Å². The number of benzene rings is 1. The summed E-state index contributed by atoms with van der Waals surface area (Å²) in [5, 5.41) is 5.61. The van der Waals surface area contributed by atoms with Crippen LogP contribution in [0.25, 0.3) is 0 Å². The maximum Gasteiger partial charge on any atom is 0.323 e. The molecule has 122 valence electrons. The smallest absolute Gasteiger partial charge is 0.323 e. The summed E-state index contributed by atoms with van der Waals surface area (Å²) in [6.07, 6.45) is 1.82. The highest BCUT2D eigenvalue weighted by Gasteiger charge is 2.13. The van der Waals surface area contributed by atoms with Crippen LogP contribution in [0.4, 0.5) is 10.5 Å². The highest BCUT2D eigenvalue weighted by molar-refractivity contribution is 6.03. The molecule has 2 rings (SSSR count). The van der Waals surface area contributed by atoms with Gasteiger partial charge >= 0.3 is 6.03 Å². The van der Waals surface area contributed by atoms with Crippen molar-refractivity contribution in [2.45, 2.75) is 0 Å². The van der Waals surface area contributed by atoms with Crippen molar-refractivity contribution in [3.63, 3.8) is 0 Å². The van der Waals surface area contributed by atoms with Crippen molar-refractivity contribution in [3.05, 3.63) is 42.1 Å². The van der Waals surface area contributed by atoms with Crippen molar-refractivity contribution in [2.24, 2.45) is 9.98 Å². The van der Waals surface area contributed by atoms with Crippen molar-refractivity contribution >= 4 is 23.5 Å². The number of rotatable bonds is 2. The largest absolute Gasteiger partial charge is 0.363 e. The summed E-state index contributed by atoms with van der Waals surface area (Å²) < 4.78 is 0. The van der Waals surface area contributed by atoms with E-state index in [9.17, 15) is 4.79 Å². The standard InChI is InChI=1S/C16H22N6O/c1-21(2)14-10-13(11-17-15(20-14)22(3)4)19-16(23)18-12-8-6-5-7-9-12/h5-10H,11H2,1-4H3,(H2,18,19,23). The minimum absolute atomic E-state index is 0.302. The van der Waals surface area contributed by atoms with Gasteiger partial charge in [0.2, 0.25) is 5.96 Å². The second-order valence-electron chi connectivity index (χ2n) is 5.49. The van der Waals surface area contributed by atoms with Crippen LogP contribution in [0, 0.1) is 0 Å². The summed E-state index contributed by atoms with van der Waals surface area (Å²) in [6, 6.07) is 8.99. The molecular weight excluding hydrogens is 292 g/mol. The fourth-order valence-electron chi connectivity index (χ4n) is 1.90. The van der Waals surface area contributed by atoms with Gasteiger partial charge in [-0.3, -0.25) is 0 Å². The molecule has 1 heterocycles. The molecule has 0 atom stereocenters. The predicted molar refractivity (Wildman–Crippen MR) is 93.8 cm³/mol. The molecule has 0 aliphatic carbocycles. The third-order valence-electron chi connectivity index (χ3n) is 3.07. The number of aliphatic imine (C=N–C) groups is 2. The fourth-order valence-corrected chi connectivity index (χ4v) is 1.90. The van der Waals surface area contributed by atoms with E-state index in [-0.39, 0.29) is 6.03 Å². The van der Waals surface area contributed by atoms with E-state index in [1.165, 1.54) is 0 Å². The number of likely N-dealkylation sites (N-methyl/N-ethyl adjacent to an activating group) is 1. The maximum absolute atomic E-state index is 12.1. The third-order valence-corrected chi connectivity index (χ3v) is 3.07. The lowest BCUT2D eigenvalue weighted by atomic mass is 10.3. The molecule has 2 amide bonds.